The zero-order chi connectivity index (χ0) is 33.1. The highest BCUT2D eigenvalue weighted by molar-refractivity contribution is 8.04. The third kappa shape index (κ3) is 6.29. The first-order chi connectivity index (χ1) is 22.7. The molecule has 1 aromatic heterocycles. The number of rotatable bonds is 9. The first-order valence-corrected chi connectivity index (χ1v) is 16.5. The molecule has 2 fully saturated rings. The number of Topliss-reactive ketones (excluding diaryl/α,β-unsaturated/α-hetero) is 1. The van der Waals surface area contributed by atoms with Gasteiger partial charge in [0.1, 0.15) is 17.8 Å². The average molecular weight is 653 g/mol. The van der Waals surface area contributed by atoms with Gasteiger partial charge in [-0.25, -0.2) is 8.42 Å². The highest BCUT2D eigenvalue weighted by Gasteiger charge is 2.55. The summed E-state index contributed by atoms with van der Waals surface area (Å²) < 4.78 is 33.0. The fourth-order valence-corrected chi connectivity index (χ4v) is 7.77. The number of ether oxygens (including phenoxy) is 1. The van der Waals surface area contributed by atoms with Crippen molar-refractivity contribution in [1.82, 2.24) is 19.5 Å². The second kappa shape index (κ2) is 13.3. The highest BCUT2D eigenvalue weighted by atomic mass is 32.2. The summed E-state index contributed by atoms with van der Waals surface area (Å²) in [7, 11) is -3.03. The molecule has 0 saturated carbocycles. The minimum absolute atomic E-state index is 0.0720. The number of likely N-dealkylation sites (tertiary alicyclic amines) is 1. The van der Waals surface area contributed by atoms with Crippen molar-refractivity contribution in [3.63, 3.8) is 0 Å². The Kier molecular flexibility index (Phi) is 8.97. The number of sulfonamides is 1. The fraction of sp³-hybridized carbons (Fsp3) is 0.229. The molecule has 0 bridgehead atoms. The van der Waals surface area contributed by atoms with E-state index in [0.29, 0.717) is 16.9 Å². The molecule has 6 rings (SSSR count). The van der Waals surface area contributed by atoms with Crippen LogP contribution < -0.4 is 10.1 Å². The van der Waals surface area contributed by atoms with Gasteiger partial charge in [-0.15, -0.1) is 0 Å². The van der Waals surface area contributed by atoms with Gasteiger partial charge in [0.25, 0.3) is 21.0 Å². The second-order valence-electron chi connectivity index (χ2n) is 11.4. The van der Waals surface area contributed by atoms with Crippen molar-refractivity contribution < 1.29 is 32.3 Å². The van der Waals surface area contributed by atoms with Crippen molar-refractivity contribution in [3.8, 4) is 16.9 Å². The van der Waals surface area contributed by atoms with Crippen LogP contribution in [0.15, 0.2) is 103 Å². The quantitative estimate of drug-likeness (QED) is 0.291. The van der Waals surface area contributed by atoms with Crippen molar-refractivity contribution in [1.29, 1.82) is 0 Å². The van der Waals surface area contributed by atoms with Crippen molar-refractivity contribution in [2.24, 2.45) is 0 Å². The van der Waals surface area contributed by atoms with Crippen molar-refractivity contribution >= 4 is 32.7 Å². The number of carbonyl (C=O) groups is 4. The molecular formula is C35H32N4O7S. The minimum Gasteiger partial charge on any atom is -0.497 e. The Bertz CT molecular complexity index is 1920. The van der Waals surface area contributed by atoms with Gasteiger partial charge >= 0.3 is 0 Å². The number of hydrogen-bond acceptors (Lipinski definition) is 8. The van der Waals surface area contributed by atoms with Gasteiger partial charge in [-0.3, -0.25) is 24.2 Å². The molecule has 2 amide bonds. The fourth-order valence-electron chi connectivity index (χ4n) is 6.26. The third-order valence-corrected chi connectivity index (χ3v) is 10.3. The van der Waals surface area contributed by atoms with E-state index in [4.69, 9.17) is 4.74 Å². The van der Waals surface area contributed by atoms with Gasteiger partial charge in [-0.1, -0.05) is 60.7 Å². The summed E-state index contributed by atoms with van der Waals surface area (Å²) in [5.74, 6) is -0.869. The lowest BCUT2D eigenvalue weighted by molar-refractivity contribution is -0.138. The molecule has 1 N–H and O–H groups in total. The summed E-state index contributed by atoms with van der Waals surface area (Å²) >= 11 is 0. The van der Waals surface area contributed by atoms with Crippen LogP contribution in [0.5, 0.6) is 5.75 Å². The molecule has 3 aromatic carbocycles. The Morgan fingerprint density at radius 2 is 1.68 bits per heavy atom. The molecule has 11 nitrogen and oxygen atoms in total. The van der Waals surface area contributed by atoms with Crippen LogP contribution in [-0.4, -0.2) is 83.6 Å². The van der Waals surface area contributed by atoms with Crippen LogP contribution >= 0.6 is 0 Å². The Morgan fingerprint density at radius 3 is 2.38 bits per heavy atom. The number of fused-ring (bicyclic) bond motifs is 1. The Balaban J connectivity index is 1.28. The number of amides is 2. The van der Waals surface area contributed by atoms with Gasteiger partial charge in [0, 0.05) is 30.9 Å². The van der Waals surface area contributed by atoms with Crippen LogP contribution in [0.4, 0.5) is 0 Å². The number of aromatic nitrogens is 1. The van der Waals surface area contributed by atoms with Crippen LogP contribution in [-0.2, 0) is 26.0 Å². The van der Waals surface area contributed by atoms with Crippen LogP contribution in [0.25, 0.3) is 11.1 Å². The third-order valence-electron chi connectivity index (χ3n) is 8.56. The molecule has 3 atom stereocenters. The molecule has 0 aliphatic carbocycles. The smallest absolute Gasteiger partial charge is 0.293 e. The van der Waals surface area contributed by atoms with E-state index >= 15 is 0 Å². The van der Waals surface area contributed by atoms with Gasteiger partial charge < -0.3 is 15.0 Å². The number of pyridine rings is 1. The van der Waals surface area contributed by atoms with E-state index in [-0.39, 0.29) is 24.9 Å². The largest absolute Gasteiger partial charge is 0.497 e. The number of nitrogens with one attached hydrogen (secondary N) is 1. The summed E-state index contributed by atoms with van der Waals surface area (Å²) in [5, 5.41) is 1.75. The molecule has 0 spiro atoms. The Labute approximate surface area is 272 Å². The molecule has 12 heteroatoms. The SMILES string of the molecule is COc1ccc(CC(NC(=O)c2ccccc2-c2ccccc2)C(=O)N2CCC3C2C(=O)CN3S(=O)(=O)C(=O)c2cccnc2)cc1. The number of benzene rings is 3. The monoisotopic (exact) mass is 652 g/mol. The molecule has 2 aliphatic heterocycles. The topological polar surface area (TPSA) is 143 Å². The van der Waals surface area contributed by atoms with E-state index in [1.54, 1.807) is 43.5 Å². The second-order valence-corrected chi connectivity index (χ2v) is 13.2. The molecule has 4 aromatic rings. The molecule has 47 heavy (non-hydrogen) atoms. The van der Waals surface area contributed by atoms with E-state index < -0.39 is 57.4 Å². The maximum atomic E-state index is 14.3. The standard InChI is InChI=1S/C35H32N4O7S/c1-46-26-15-13-23(14-16-26)20-29(37-33(41)28-12-6-5-11-27(28)24-8-3-2-4-9-24)34(42)38-19-17-30-32(38)31(40)22-39(30)47(44,45)35(43)25-10-7-18-36-21-25/h2-16,18,21,29-30,32H,17,19-20,22H2,1H3,(H,37,41). The van der Waals surface area contributed by atoms with Gasteiger partial charge in [-0.05, 0) is 53.4 Å². The summed E-state index contributed by atoms with van der Waals surface area (Å²) in [6.45, 7) is -0.462. The zero-order valence-corrected chi connectivity index (χ0v) is 26.3. The van der Waals surface area contributed by atoms with Gasteiger partial charge in [0.05, 0.1) is 25.3 Å². The van der Waals surface area contributed by atoms with Crippen LogP contribution in [0.1, 0.15) is 32.7 Å². The van der Waals surface area contributed by atoms with Crippen molar-refractivity contribution in [3.05, 3.63) is 120 Å². The summed E-state index contributed by atoms with van der Waals surface area (Å²) in [6, 6.07) is 23.3. The van der Waals surface area contributed by atoms with Gasteiger partial charge in [0.15, 0.2) is 5.78 Å². The number of ketones is 1. The number of carbonyl (C=O) groups excluding carboxylic acids is 4. The van der Waals surface area contributed by atoms with E-state index in [2.05, 4.69) is 10.3 Å². The number of methoxy groups -OCH3 is 1. The van der Waals surface area contributed by atoms with E-state index in [1.165, 1.54) is 23.2 Å². The van der Waals surface area contributed by atoms with E-state index in [9.17, 15) is 27.6 Å². The van der Waals surface area contributed by atoms with Crippen LogP contribution in [0.3, 0.4) is 0 Å². The van der Waals surface area contributed by atoms with Crippen molar-refractivity contribution in [2.45, 2.75) is 31.0 Å². The molecule has 240 valence electrons. The Hall–Kier alpha value is -5.20. The van der Waals surface area contributed by atoms with Gasteiger partial charge in [-0.2, -0.15) is 4.31 Å². The predicted molar refractivity (Wildman–Crippen MR) is 173 cm³/mol. The Morgan fingerprint density at radius 1 is 0.957 bits per heavy atom. The summed E-state index contributed by atoms with van der Waals surface area (Å²) in [4.78, 5) is 59.7. The maximum Gasteiger partial charge on any atom is 0.293 e. The predicted octanol–water partition coefficient (Wildman–Crippen LogP) is 3.12. The molecule has 0 radical (unpaired) electrons. The normalized spacial score (nSPS) is 18.4. The number of hydrogen-bond donors (Lipinski definition) is 1. The van der Waals surface area contributed by atoms with Gasteiger partial charge in [0.2, 0.25) is 5.91 Å². The molecule has 3 unspecified atom stereocenters. The molecule has 2 aliphatic rings. The average Bonchev–Trinajstić information content (AvgIpc) is 3.69. The number of nitrogens with zero attached hydrogens (tertiary/aromatic N) is 3. The molecule has 2 saturated heterocycles. The van der Waals surface area contributed by atoms with Crippen molar-refractivity contribution in [2.75, 3.05) is 20.2 Å². The first-order valence-electron chi connectivity index (χ1n) is 15.1. The lowest BCUT2D eigenvalue weighted by atomic mass is 9.98. The maximum absolute atomic E-state index is 14.3. The molecular weight excluding hydrogens is 620 g/mol. The van der Waals surface area contributed by atoms with E-state index in [0.717, 1.165) is 21.6 Å². The first kappa shape index (κ1) is 31.8. The summed E-state index contributed by atoms with van der Waals surface area (Å²) in [5.41, 5.74) is 2.51. The minimum atomic E-state index is -4.58. The lowest BCUT2D eigenvalue weighted by Crippen LogP contribution is -2.53. The highest BCUT2D eigenvalue weighted by Crippen LogP contribution is 2.33. The molecule has 3 heterocycles. The van der Waals surface area contributed by atoms with Crippen LogP contribution in [0, 0.1) is 0 Å². The lowest BCUT2D eigenvalue weighted by Gasteiger charge is -2.28. The summed E-state index contributed by atoms with van der Waals surface area (Å²) in [6.07, 6.45) is 2.83. The van der Waals surface area contributed by atoms with E-state index in [1.807, 2.05) is 42.5 Å². The zero-order valence-electron chi connectivity index (χ0n) is 25.5. The van der Waals surface area contributed by atoms with Crippen LogP contribution in [0.2, 0.25) is 0 Å².